The van der Waals surface area contributed by atoms with Gasteiger partial charge in [-0.3, -0.25) is 0 Å². The molecule has 0 aliphatic carbocycles. The zero-order valence-corrected chi connectivity index (χ0v) is 8.32. The van der Waals surface area contributed by atoms with Crippen LogP contribution >= 0.6 is 0 Å². The summed E-state index contributed by atoms with van der Waals surface area (Å²) in [7, 11) is 0. The Morgan fingerprint density at radius 1 is 1.50 bits per heavy atom. The minimum absolute atomic E-state index is 0.611. The zero-order chi connectivity index (χ0) is 10.1. The summed E-state index contributed by atoms with van der Waals surface area (Å²) in [6.45, 7) is 4.49. The number of ether oxygens (including phenoxy) is 1. The van der Waals surface area contributed by atoms with E-state index in [0.717, 1.165) is 11.3 Å². The molecule has 0 saturated carbocycles. The molecule has 0 atom stereocenters. The third-order valence-electron chi connectivity index (χ3n) is 2.00. The van der Waals surface area contributed by atoms with Crippen molar-refractivity contribution < 1.29 is 4.74 Å². The number of nitrogen functional groups attached to an aromatic ring is 1. The summed E-state index contributed by atoms with van der Waals surface area (Å²) in [6.07, 6.45) is 3.75. The van der Waals surface area contributed by atoms with Gasteiger partial charge in [-0.15, -0.1) is 0 Å². The first-order valence-electron chi connectivity index (χ1n) is 4.58. The molecule has 0 aliphatic rings. The molecular weight excluding hydrogens is 178 g/mol. The molecule has 2 aromatic rings. The van der Waals surface area contributed by atoms with Crippen molar-refractivity contribution in [3.05, 3.63) is 24.2 Å². The van der Waals surface area contributed by atoms with Crippen LogP contribution in [0.15, 0.2) is 18.5 Å². The van der Waals surface area contributed by atoms with Gasteiger partial charge in [0.25, 0.3) is 0 Å². The van der Waals surface area contributed by atoms with E-state index in [1.165, 1.54) is 0 Å². The van der Waals surface area contributed by atoms with Crippen LogP contribution in [0, 0.1) is 6.92 Å². The quantitative estimate of drug-likeness (QED) is 0.784. The Hall–Kier alpha value is -1.71. The SMILES string of the molecule is CCOc1cc2nc(C)cn2cc1N. The smallest absolute Gasteiger partial charge is 0.147 e. The lowest BCUT2D eigenvalue weighted by molar-refractivity contribution is 0.342. The Labute approximate surface area is 82.3 Å². The van der Waals surface area contributed by atoms with Gasteiger partial charge in [-0.1, -0.05) is 0 Å². The predicted molar refractivity (Wildman–Crippen MR) is 55.5 cm³/mol. The summed E-state index contributed by atoms with van der Waals surface area (Å²) in [5.41, 5.74) is 8.28. The Kier molecular flexibility index (Phi) is 2.04. The lowest BCUT2D eigenvalue weighted by Gasteiger charge is -2.06. The van der Waals surface area contributed by atoms with Gasteiger partial charge in [0.05, 0.1) is 18.0 Å². The highest BCUT2D eigenvalue weighted by Crippen LogP contribution is 2.22. The van der Waals surface area contributed by atoms with E-state index in [2.05, 4.69) is 4.98 Å². The van der Waals surface area contributed by atoms with Gasteiger partial charge in [0, 0.05) is 18.5 Å². The lowest BCUT2D eigenvalue weighted by Crippen LogP contribution is -1.98. The molecule has 0 radical (unpaired) electrons. The number of anilines is 1. The molecule has 14 heavy (non-hydrogen) atoms. The highest BCUT2D eigenvalue weighted by molar-refractivity contribution is 5.59. The number of nitrogens with two attached hydrogens (primary N) is 1. The first-order valence-corrected chi connectivity index (χ1v) is 4.58. The average Bonchev–Trinajstić information content (AvgIpc) is 2.45. The van der Waals surface area contributed by atoms with E-state index >= 15 is 0 Å². The number of fused-ring (bicyclic) bond motifs is 1. The van der Waals surface area contributed by atoms with E-state index in [4.69, 9.17) is 10.5 Å². The van der Waals surface area contributed by atoms with Gasteiger partial charge in [-0.05, 0) is 13.8 Å². The number of aryl methyl sites for hydroxylation is 1. The molecule has 0 aliphatic heterocycles. The van der Waals surface area contributed by atoms with Gasteiger partial charge in [0.15, 0.2) is 0 Å². The Bertz CT molecular complexity index is 462. The largest absolute Gasteiger partial charge is 0.492 e. The predicted octanol–water partition coefficient (Wildman–Crippen LogP) is 1.62. The monoisotopic (exact) mass is 191 g/mol. The summed E-state index contributed by atoms with van der Waals surface area (Å²) in [5, 5.41) is 0. The first kappa shape index (κ1) is 8.87. The molecule has 4 heteroatoms. The van der Waals surface area contributed by atoms with Crippen LogP contribution in [0.25, 0.3) is 5.65 Å². The zero-order valence-electron chi connectivity index (χ0n) is 8.32. The molecular formula is C10H13N3O. The molecule has 0 aromatic carbocycles. The number of nitrogens with zero attached hydrogens (tertiary/aromatic N) is 2. The summed E-state index contributed by atoms with van der Waals surface area (Å²) < 4.78 is 7.27. The van der Waals surface area contributed by atoms with Gasteiger partial charge in [0.2, 0.25) is 0 Å². The summed E-state index contributed by atoms with van der Waals surface area (Å²) >= 11 is 0. The number of rotatable bonds is 2. The van der Waals surface area contributed by atoms with E-state index in [0.29, 0.717) is 18.0 Å². The molecule has 2 N–H and O–H groups in total. The second kappa shape index (κ2) is 3.21. The van der Waals surface area contributed by atoms with Crippen molar-refractivity contribution in [2.75, 3.05) is 12.3 Å². The highest BCUT2D eigenvalue weighted by Gasteiger charge is 2.04. The van der Waals surface area contributed by atoms with Crippen molar-refractivity contribution in [2.24, 2.45) is 0 Å². The molecule has 74 valence electrons. The standard InChI is InChI=1S/C10H13N3O/c1-3-14-9-4-10-12-7(2)5-13(10)6-8(9)11/h4-6H,3,11H2,1-2H3. The molecule has 0 unspecified atom stereocenters. The van der Waals surface area contributed by atoms with Crippen LogP contribution in [0.1, 0.15) is 12.6 Å². The Morgan fingerprint density at radius 2 is 2.29 bits per heavy atom. The van der Waals surface area contributed by atoms with Gasteiger partial charge < -0.3 is 14.9 Å². The number of imidazole rings is 1. The summed E-state index contributed by atoms with van der Waals surface area (Å²) in [6, 6.07) is 1.85. The lowest BCUT2D eigenvalue weighted by atomic mass is 10.4. The van der Waals surface area contributed by atoms with Crippen LogP contribution in [-0.2, 0) is 0 Å². The number of aromatic nitrogens is 2. The van der Waals surface area contributed by atoms with Crippen LogP contribution in [0.3, 0.4) is 0 Å². The maximum atomic E-state index is 5.81. The van der Waals surface area contributed by atoms with Gasteiger partial charge >= 0.3 is 0 Å². The van der Waals surface area contributed by atoms with Crippen molar-refractivity contribution in [1.82, 2.24) is 9.38 Å². The fourth-order valence-electron chi connectivity index (χ4n) is 1.44. The molecule has 0 spiro atoms. The molecule has 0 saturated heterocycles. The maximum Gasteiger partial charge on any atom is 0.147 e. The molecule has 2 rings (SSSR count). The second-order valence-corrected chi connectivity index (χ2v) is 3.17. The van der Waals surface area contributed by atoms with Crippen molar-refractivity contribution >= 4 is 11.3 Å². The number of hydrogen-bond acceptors (Lipinski definition) is 3. The Morgan fingerprint density at radius 3 is 3.00 bits per heavy atom. The molecule has 2 aromatic heterocycles. The van der Waals surface area contributed by atoms with E-state index < -0.39 is 0 Å². The van der Waals surface area contributed by atoms with E-state index in [1.54, 1.807) is 0 Å². The molecule has 0 amide bonds. The number of pyridine rings is 1. The van der Waals surface area contributed by atoms with Crippen LogP contribution in [-0.4, -0.2) is 16.0 Å². The van der Waals surface area contributed by atoms with Crippen molar-refractivity contribution in [3.63, 3.8) is 0 Å². The van der Waals surface area contributed by atoms with Crippen molar-refractivity contribution in [3.8, 4) is 5.75 Å². The van der Waals surface area contributed by atoms with Crippen molar-refractivity contribution in [1.29, 1.82) is 0 Å². The molecule has 2 heterocycles. The van der Waals surface area contributed by atoms with Crippen LogP contribution in [0.2, 0.25) is 0 Å². The third-order valence-corrected chi connectivity index (χ3v) is 2.00. The first-order chi connectivity index (χ1) is 6.70. The fourth-order valence-corrected chi connectivity index (χ4v) is 1.44. The van der Waals surface area contributed by atoms with Crippen LogP contribution in [0.5, 0.6) is 5.75 Å². The topological polar surface area (TPSA) is 52.5 Å². The highest BCUT2D eigenvalue weighted by atomic mass is 16.5. The third kappa shape index (κ3) is 1.39. The number of hydrogen-bond donors (Lipinski definition) is 1. The molecule has 4 nitrogen and oxygen atoms in total. The summed E-state index contributed by atoms with van der Waals surface area (Å²) in [5.74, 6) is 0.700. The van der Waals surface area contributed by atoms with E-state index in [1.807, 2.05) is 36.7 Å². The maximum absolute atomic E-state index is 5.81. The van der Waals surface area contributed by atoms with Gasteiger partial charge in [-0.25, -0.2) is 4.98 Å². The minimum Gasteiger partial charge on any atom is -0.492 e. The second-order valence-electron chi connectivity index (χ2n) is 3.17. The van der Waals surface area contributed by atoms with Gasteiger partial charge in [-0.2, -0.15) is 0 Å². The average molecular weight is 191 g/mol. The fraction of sp³-hybridized carbons (Fsp3) is 0.300. The minimum atomic E-state index is 0.611. The van der Waals surface area contributed by atoms with Gasteiger partial charge in [0.1, 0.15) is 11.4 Å². The molecule has 0 fully saturated rings. The Balaban J connectivity index is 2.58. The van der Waals surface area contributed by atoms with E-state index in [-0.39, 0.29) is 0 Å². The summed E-state index contributed by atoms with van der Waals surface area (Å²) in [4.78, 5) is 4.32. The molecule has 0 bridgehead atoms. The van der Waals surface area contributed by atoms with Crippen LogP contribution in [0.4, 0.5) is 5.69 Å². The van der Waals surface area contributed by atoms with Crippen molar-refractivity contribution in [2.45, 2.75) is 13.8 Å². The normalized spacial score (nSPS) is 10.7. The van der Waals surface area contributed by atoms with E-state index in [9.17, 15) is 0 Å². The van der Waals surface area contributed by atoms with Crippen LogP contribution < -0.4 is 10.5 Å².